The lowest BCUT2D eigenvalue weighted by Gasteiger charge is -2.12. The lowest BCUT2D eigenvalue weighted by atomic mass is 10.2. The fraction of sp³-hybridized carbons (Fsp3) is 0.538. The predicted octanol–water partition coefficient (Wildman–Crippen LogP) is 1.39. The molecule has 1 aromatic carbocycles. The number of ether oxygens (including phenoxy) is 1. The molecule has 1 unspecified atom stereocenters. The number of sulfone groups is 1. The molecule has 0 aromatic heterocycles. The molecule has 18 heavy (non-hydrogen) atoms. The summed E-state index contributed by atoms with van der Waals surface area (Å²) in [7, 11) is -1.56. The van der Waals surface area contributed by atoms with E-state index in [0.29, 0.717) is 18.0 Å². The molecule has 1 aromatic rings. The summed E-state index contributed by atoms with van der Waals surface area (Å²) in [4.78, 5) is 0.384. The van der Waals surface area contributed by atoms with Crippen molar-refractivity contribution in [2.75, 3.05) is 26.0 Å². The van der Waals surface area contributed by atoms with E-state index in [9.17, 15) is 8.42 Å². The van der Waals surface area contributed by atoms with Crippen molar-refractivity contribution in [3.8, 4) is 0 Å². The summed E-state index contributed by atoms with van der Waals surface area (Å²) in [6, 6.07) is 7.09. The molecule has 1 N–H and O–H groups in total. The highest BCUT2D eigenvalue weighted by molar-refractivity contribution is 7.91. The van der Waals surface area contributed by atoms with Gasteiger partial charge in [0.25, 0.3) is 0 Å². The van der Waals surface area contributed by atoms with Crippen molar-refractivity contribution in [3.63, 3.8) is 0 Å². The van der Waals surface area contributed by atoms with Crippen LogP contribution in [0, 0.1) is 6.92 Å². The van der Waals surface area contributed by atoms with Gasteiger partial charge in [0.15, 0.2) is 9.84 Å². The second kappa shape index (κ2) is 6.87. The van der Waals surface area contributed by atoms with Crippen molar-refractivity contribution in [1.29, 1.82) is 0 Å². The van der Waals surface area contributed by atoms with Crippen LogP contribution < -0.4 is 5.32 Å². The van der Waals surface area contributed by atoms with E-state index in [4.69, 9.17) is 4.74 Å². The summed E-state index contributed by atoms with van der Waals surface area (Å²) in [5.41, 5.74) is 1.06. The molecule has 0 saturated heterocycles. The molecule has 0 amide bonds. The van der Waals surface area contributed by atoms with Crippen LogP contribution in [0.5, 0.6) is 0 Å². The summed E-state index contributed by atoms with van der Waals surface area (Å²) in [5.74, 6) is 0.101. The average molecular weight is 271 g/mol. The van der Waals surface area contributed by atoms with Crippen LogP contribution in [0.3, 0.4) is 0 Å². The zero-order valence-corrected chi connectivity index (χ0v) is 12.0. The number of rotatable bonds is 7. The molecule has 102 valence electrons. The zero-order chi connectivity index (χ0) is 13.6. The van der Waals surface area contributed by atoms with Gasteiger partial charge in [0.05, 0.1) is 17.3 Å². The van der Waals surface area contributed by atoms with Crippen molar-refractivity contribution in [1.82, 2.24) is 5.32 Å². The predicted molar refractivity (Wildman–Crippen MR) is 72.6 cm³/mol. The minimum atomic E-state index is -3.19. The fourth-order valence-electron chi connectivity index (χ4n) is 1.61. The molecule has 5 heteroatoms. The Hall–Kier alpha value is -0.910. The standard InChI is InChI=1S/C13H21NO3S/c1-11-4-6-13(7-5-11)18(15,16)9-8-14-12(2)10-17-3/h4-7,12,14H,8-10H2,1-3H3. The normalized spacial score (nSPS) is 13.5. The Morgan fingerprint density at radius 1 is 1.28 bits per heavy atom. The smallest absolute Gasteiger partial charge is 0.179 e. The quantitative estimate of drug-likeness (QED) is 0.814. The van der Waals surface area contributed by atoms with Crippen LogP contribution >= 0.6 is 0 Å². The molecule has 1 atom stereocenters. The van der Waals surface area contributed by atoms with Crippen LogP contribution in [0.4, 0.5) is 0 Å². The van der Waals surface area contributed by atoms with Gasteiger partial charge in [-0.15, -0.1) is 0 Å². The van der Waals surface area contributed by atoms with Gasteiger partial charge in [-0.3, -0.25) is 0 Å². The maximum absolute atomic E-state index is 12.0. The number of benzene rings is 1. The van der Waals surface area contributed by atoms with Crippen LogP contribution in [0.2, 0.25) is 0 Å². The molecular weight excluding hydrogens is 250 g/mol. The van der Waals surface area contributed by atoms with Gasteiger partial charge in [-0.1, -0.05) is 17.7 Å². The Labute approximate surface area is 109 Å². The maximum atomic E-state index is 12.0. The van der Waals surface area contributed by atoms with Gasteiger partial charge < -0.3 is 10.1 Å². The van der Waals surface area contributed by atoms with Crippen molar-refractivity contribution in [2.24, 2.45) is 0 Å². The molecule has 0 radical (unpaired) electrons. The lowest BCUT2D eigenvalue weighted by Crippen LogP contribution is -2.34. The van der Waals surface area contributed by atoms with E-state index in [1.165, 1.54) is 0 Å². The van der Waals surface area contributed by atoms with Crippen molar-refractivity contribution in [3.05, 3.63) is 29.8 Å². The number of methoxy groups -OCH3 is 1. The van der Waals surface area contributed by atoms with Gasteiger partial charge >= 0.3 is 0 Å². The largest absolute Gasteiger partial charge is 0.383 e. The van der Waals surface area contributed by atoms with E-state index < -0.39 is 9.84 Å². The number of nitrogens with one attached hydrogen (secondary N) is 1. The van der Waals surface area contributed by atoms with E-state index in [1.54, 1.807) is 19.2 Å². The molecule has 0 aliphatic heterocycles. The van der Waals surface area contributed by atoms with Crippen molar-refractivity contribution >= 4 is 9.84 Å². The van der Waals surface area contributed by atoms with Crippen LogP contribution in [-0.2, 0) is 14.6 Å². The highest BCUT2D eigenvalue weighted by Crippen LogP contribution is 2.11. The monoisotopic (exact) mass is 271 g/mol. The third kappa shape index (κ3) is 4.76. The molecular formula is C13H21NO3S. The Kier molecular flexibility index (Phi) is 5.78. The molecule has 1 rings (SSSR count). The fourth-order valence-corrected chi connectivity index (χ4v) is 2.79. The van der Waals surface area contributed by atoms with Gasteiger partial charge in [-0.25, -0.2) is 8.42 Å². The molecule has 0 aliphatic carbocycles. The summed E-state index contributed by atoms with van der Waals surface area (Å²) in [5, 5.41) is 3.12. The SMILES string of the molecule is COCC(C)NCCS(=O)(=O)c1ccc(C)cc1. The summed E-state index contributed by atoms with van der Waals surface area (Å²) < 4.78 is 29.0. The maximum Gasteiger partial charge on any atom is 0.179 e. The van der Waals surface area contributed by atoms with Gasteiger partial charge in [0, 0.05) is 19.7 Å². The first-order chi connectivity index (χ1) is 8.45. The van der Waals surface area contributed by atoms with Crippen molar-refractivity contribution < 1.29 is 13.2 Å². The molecule has 0 fully saturated rings. The number of hydrogen-bond donors (Lipinski definition) is 1. The molecule has 4 nitrogen and oxygen atoms in total. The Balaban J connectivity index is 2.52. The van der Waals surface area contributed by atoms with Gasteiger partial charge in [-0.2, -0.15) is 0 Å². The minimum absolute atomic E-state index is 0.101. The minimum Gasteiger partial charge on any atom is -0.383 e. The first-order valence-corrected chi connectivity index (χ1v) is 7.62. The second-order valence-electron chi connectivity index (χ2n) is 4.44. The Bertz CT molecular complexity index is 454. The third-order valence-corrected chi connectivity index (χ3v) is 4.39. The van der Waals surface area contributed by atoms with Crippen LogP contribution in [-0.4, -0.2) is 40.5 Å². The number of aryl methyl sites for hydroxylation is 1. The topological polar surface area (TPSA) is 55.4 Å². The molecule has 0 spiro atoms. The number of hydrogen-bond acceptors (Lipinski definition) is 4. The molecule has 0 saturated carbocycles. The van der Waals surface area contributed by atoms with E-state index in [-0.39, 0.29) is 11.8 Å². The van der Waals surface area contributed by atoms with Gasteiger partial charge in [0.1, 0.15) is 0 Å². The molecule has 0 bridgehead atoms. The second-order valence-corrected chi connectivity index (χ2v) is 6.55. The van der Waals surface area contributed by atoms with E-state index in [1.807, 2.05) is 26.0 Å². The highest BCUT2D eigenvalue weighted by Gasteiger charge is 2.14. The first-order valence-electron chi connectivity index (χ1n) is 5.97. The van der Waals surface area contributed by atoms with E-state index in [2.05, 4.69) is 5.32 Å². The van der Waals surface area contributed by atoms with E-state index >= 15 is 0 Å². The van der Waals surface area contributed by atoms with Crippen LogP contribution in [0.25, 0.3) is 0 Å². The molecule has 0 aliphatic rings. The first kappa shape index (κ1) is 15.1. The van der Waals surface area contributed by atoms with E-state index in [0.717, 1.165) is 5.56 Å². The summed E-state index contributed by atoms with van der Waals surface area (Å²) in [6.07, 6.45) is 0. The van der Waals surface area contributed by atoms with Gasteiger partial charge in [0.2, 0.25) is 0 Å². The third-order valence-electron chi connectivity index (χ3n) is 2.66. The Morgan fingerprint density at radius 3 is 2.44 bits per heavy atom. The summed E-state index contributed by atoms with van der Waals surface area (Å²) >= 11 is 0. The average Bonchev–Trinajstić information content (AvgIpc) is 2.29. The lowest BCUT2D eigenvalue weighted by molar-refractivity contribution is 0.173. The summed E-state index contributed by atoms with van der Waals surface area (Å²) in [6.45, 7) is 4.90. The van der Waals surface area contributed by atoms with Crippen LogP contribution in [0.15, 0.2) is 29.2 Å². The van der Waals surface area contributed by atoms with Gasteiger partial charge in [-0.05, 0) is 26.0 Å². The van der Waals surface area contributed by atoms with Crippen LogP contribution in [0.1, 0.15) is 12.5 Å². The Morgan fingerprint density at radius 2 is 1.89 bits per heavy atom. The van der Waals surface area contributed by atoms with Crippen molar-refractivity contribution in [2.45, 2.75) is 24.8 Å². The highest BCUT2D eigenvalue weighted by atomic mass is 32.2. The molecule has 0 heterocycles. The zero-order valence-electron chi connectivity index (χ0n) is 11.1.